The molecule has 6 nitrogen and oxygen atoms in total. The summed E-state index contributed by atoms with van der Waals surface area (Å²) in [6.07, 6.45) is 0.125. The Labute approximate surface area is 167 Å². The Balaban J connectivity index is 1.40. The maximum Gasteiger partial charge on any atom is 0.243 e. The van der Waals surface area contributed by atoms with E-state index in [4.69, 9.17) is 4.74 Å². The highest BCUT2D eigenvalue weighted by Crippen LogP contribution is 2.16. The summed E-state index contributed by atoms with van der Waals surface area (Å²) < 4.78 is 5.70. The molecule has 0 aliphatic heterocycles. The monoisotopic (exact) mass is 395 g/mol. The number of anilines is 1. The lowest BCUT2D eigenvalue weighted by Gasteiger charge is -2.06. The zero-order chi connectivity index (χ0) is 19.8. The molecular weight excluding hydrogens is 374 g/mol. The Bertz CT molecular complexity index is 924. The van der Waals surface area contributed by atoms with Crippen LogP contribution in [0.3, 0.4) is 0 Å². The second kappa shape index (κ2) is 9.66. The van der Waals surface area contributed by atoms with Crippen LogP contribution in [0.25, 0.3) is 0 Å². The van der Waals surface area contributed by atoms with Crippen LogP contribution in [0.2, 0.25) is 0 Å². The van der Waals surface area contributed by atoms with Crippen molar-refractivity contribution < 1.29 is 14.3 Å². The number of benzene rings is 2. The summed E-state index contributed by atoms with van der Waals surface area (Å²) in [6.45, 7) is 2.29. The number of hydrogen-bond donors (Lipinski definition) is 2. The summed E-state index contributed by atoms with van der Waals surface area (Å²) in [5, 5.41) is 7.95. The summed E-state index contributed by atoms with van der Waals surface area (Å²) in [4.78, 5) is 28.3. The second-order valence-corrected chi connectivity index (χ2v) is 7.14. The molecule has 1 heterocycles. The minimum atomic E-state index is -0.273. The molecule has 3 rings (SSSR count). The van der Waals surface area contributed by atoms with Gasteiger partial charge in [0.05, 0.1) is 18.7 Å². The molecular formula is C21H21N3O3S. The standard InChI is InChI=1S/C21H21N3O3S/c1-15-7-9-18(10-8-15)27-13-21-24-17(14-28-21)11-19(25)22-12-20(26)23-16-5-3-2-4-6-16/h2-10,14H,11-13H2,1H3,(H,22,25)(H,23,26). The van der Waals surface area contributed by atoms with Crippen molar-refractivity contribution in [3.8, 4) is 5.75 Å². The normalized spacial score (nSPS) is 10.3. The molecule has 1 aromatic heterocycles. The topological polar surface area (TPSA) is 80.3 Å². The molecule has 0 unspecified atom stereocenters. The molecule has 0 aliphatic carbocycles. The van der Waals surface area contributed by atoms with Crippen molar-refractivity contribution in [3.63, 3.8) is 0 Å². The predicted octanol–water partition coefficient (Wildman–Crippen LogP) is 3.33. The summed E-state index contributed by atoms with van der Waals surface area (Å²) in [6, 6.07) is 16.9. The van der Waals surface area contributed by atoms with Crippen molar-refractivity contribution in [3.05, 3.63) is 76.2 Å². The number of rotatable bonds is 8. The number of carbonyl (C=O) groups is 2. The van der Waals surface area contributed by atoms with Gasteiger partial charge in [0.1, 0.15) is 17.4 Å². The maximum atomic E-state index is 12.0. The van der Waals surface area contributed by atoms with E-state index in [0.29, 0.717) is 18.0 Å². The lowest BCUT2D eigenvalue weighted by atomic mass is 10.2. The van der Waals surface area contributed by atoms with Crippen molar-refractivity contribution in [1.82, 2.24) is 10.3 Å². The second-order valence-electron chi connectivity index (χ2n) is 6.20. The molecule has 0 aliphatic rings. The highest BCUT2D eigenvalue weighted by molar-refractivity contribution is 7.09. The van der Waals surface area contributed by atoms with E-state index in [-0.39, 0.29) is 24.8 Å². The van der Waals surface area contributed by atoms with Gasteiger partial charge in [0, 0.05) is 11.1 Å². The van der Waals surface area contributed by atoms with Gasteiger partial charge in [0.25, 0.3) is 0 Å². The summed E-state index contributed by atoms with van der Waals surface area (Å²) in [7, 11) is 0. The van der Waals surface area contributed by atoms with Gasteiger partial charge in [0.15, 0.2) is 0 Å². The van der Waals surface area contributed by atoms with Crippen LogP contribution in [0.4, 0.5) is 5.69 Å². The summed E-state index contributed by atoms with van der Waals surface area (Å²) in [5.41, 5.74) is 2.53. The van der Waals surface area contributed by atoms with Gasteiger partial charge in [-0.25, -0.2) is 4.98 Å². The first kappa shape index (κ1) is 19.6. The van der Waals surface area contributed by atoms with E-state index in [1.54, 1.807) is 12.1 Å². The first-order valence-corrected chi connectivity index (χ1v) is 9.71. The number of nitrogens with one attached hydrogen (secondary N) is 2. The van der Waals surface area contributed by atoms with Crippen LogP contribution in [0.15, 0.2) is 60.0 Å². The largest absolute Gasteiger partial charge is 0.486 e. The number of para-hydroxylation sites is 1. The molecule has 0 fully saturated rings. The molecule has 2 amide bonds. The molecule has 2 N–H and O–H groups in total. The molecule has 28 heavy (non-hydrogen) atoms. The smallest absolute Gasteiger partial charge is 0.243 e. The lowest BCUT2D eigenvalue weighted by Crippen LogP contribution is -2.33. The first-order chi connectivity index (χ1) is 13.6. The predicted molar refractivity (Wildman–Crippen MR) is 109 cm³/mol. The fourth-order valence-corrected chi connectivity index (χ4v) is 3.11. The van der Waals surface area contributed by atoms with Crippen LogP contribution in [0.1, 0.15) is 16.3 Å². The number of thiazole rings is 1. The Kier molecular flexibility index (Phi) is 6.75. The van der Waals surface area contributed by atoms with Gasteiger partial charge < -0.3 is 15.4 Å². The zero-order valence-corrected chi connectivity index (χ0v) is 16.3. The Morgan fingerprint density at radius 3 is 2.54 bits per heavy atom. The van der Waals surface area contributed by atoms with Gasteiger partial charge >= 0.3 is 0 Å². The van der Waals surface area contributed by atoms with Crippen molar-refractivity contribution in [2.24, 2.45) is 0 Å². The third-order valence-corrected chi connectivity index (χ3v) is 4.70. The number of ether oxygens (including phenoxy) is 1. The summed E-state index contributed by atoms with van der Waals surface area (Å²) >= 11 is 1.44. The number of aromatic nitrogens is 1. The van der Waals surface area contributed by atoms with E-state index in [9.17, 15) is 9.59 Å². The molecule has 144 valence electrons. The number of hydrogen-bond acceptors (Lipinski definition) is 5. The van der Waals surface area contributed by atoms with Gasteiger partial charge in [-0.1, -0.05) is 35.9 Å². The fourth-order valence-electron chi connectivity index (χ4n) is 2.41. The fraction of sp³-hybridized carbons (Fsp3) is 0.190. The van der Waals surface area contributed by atoms with Crippen LogP contribution in [0, 0.1) is 6.92 Å². The van der Waals surface area contributed by atoms with Gasteiger partial charge in [0.2, 0.25) is 11.8 Å². The number of carbonyl (C=O) groups excluding carboxylic acids is 2. The minimum absolute atomic E-state index is 0.0821. The molecule has 0 radical (unpaired) electrons. The van der Waals surface area contributed by atoms with E-state index in [1.807, 2.05) is 54.8 Å². The molecule has 0 bridgehead atoms. The molecule has 7 heteroatoms. The average molecular weight is 395 g/mol. The van der Waals surface area contributed by atoms with Gasteiger partial charge in [-0.05, 0) is 31.2 Å². The number of nitrogens with zero attached hydrogens (tertiary/aromatic N) is 1. The minimum Gasteiger partial charge on any atom is -0.486 e. The van der Waals surface area contributed by atoms with E-state index in [2.05, 4.69) is 15.6 Å². The van der Waals surface area contributed by atoms with E-state index < -0.39 is 0 Å². The van der Waals surface area contributed by atoms with E-state index >= 15 is 0 Å². The molecule has 2 aromatic carbocycles. The average Bonchev–Trinajstić information content (AvgIpc) is 3.14. The highest BCUT2D eigenvalue weighted by Gasteiger charge is 2.10. The first-order valence-electron chi connectivity index (χ1n) is 8.83. The molecule has 0 saturated carbocycles. The van der Waals surface area contributed by atoms with Crippen molar-refractivity contribution in [2.75, 3.05) is 11.9 Å². The number of amides is 2. The molecule has 3 aromatic rings. The number of aryl methyl sites for hydroxylation is 1. The van der Waals surface area contributed by atoms with Gasteiger partial charge in [-0.15, -0.1) is 11.3 Å². The van der Waals surface area contributed by atoms with Gasteiger partial charge in [-0.3, -0.25) is 9.59 Å². The SMILES string of the molecule is Cc1ccc(OCc2nc(CC(=O)NCC(=O)Nc3ccccc3)cs2)cc1. The van der Waals surface area contributed by atoms with Crippen molar-refractivity contribution in [1.29, 1.82) is 0 Å². The van der Waals surface area contributed by atoms with E-state index in [0.717, 1.165) is 10.8 Å². The molecule has 0 spiro atoms. The van der Waals surface area contributed by atoms with Crippen LogP contribution in [-0.2, 0) is 22.6 Å². The van der Waals surface area contributed by atoms with Crippen molar-refractivity contribution in [2.45, 2.75) is 20.0 Å². The summed E-state index contributed by atoms with van der Waals surface area (Å²) in [5.74, 6) is 0.258. The van der Waals surface area contributed by atoms with Gasteiger partial charge in [-0.2, -0.15) is 0 Å². The maximum absolute atomic E-state index is 12.0. The van der Waals surface area contributed by atoms with E-state index in [1.165, 1.54) is 16.9 Å². The quantitative estimate of drug-likeness (QED) is 0.613. The molecule has 0 atom stereocenters. The lowest BCUT2D eigenvalue weighted by molar-refractivity contribution is -0.123. The van der Waals surface area contributed by atoms with Crippen LogP contribution >= 0.6 is 11.3 Å². The third-order valence-electron chi connectivity index (χ3n) is 3.83. The third kappa shape index (κ3) is 6.21. The molecule has 0 saturated heterocycles. The Morgan fingerprint density at radius 2 is 1.79 bits per heavy atom. The Hall–Kier alpha value is -3.19. The van der Waals surface area contributed by atoms with Crippen LogP contribution in [0.5, 0.6) is 5.75 Å². The van der Waals surface area contributed by atoms with Crippen LogP contribution in [-0.4, -0.2) is 23.3 Å². The highest BCUT2D eigenvalue weighted by atomic mass is 32.1. The van der Waals surface area contributed by atoms with Crippen molar-refractivity contribution >= 4 is 28.8 Å². The zero-order valence-electron chi connectivity index (χ0n) is 15.5. The Morgan fingerprint density at radius 1 is 1.04 bits per heavy atom. The van der Waals surface area contributed by atoms with Crippen LogP contribution < -0.4 is 15.4 Å².